The van der Waals surface area contributed by atoms with E-state index in [2.05, 4.69) is 71.1 Å². The minimum atomic E-state index is -5.77. The monoisotopic (exact) mass is 501 g/mol. The molecule has 3 rings (SSSR count). The minimum Gasteiger partial charge on any atom is -0.744 e. The number of nitrogens with two attached hydrogens (primary N) is 1. The maximum Gasteiger partial charge on any atom is 0.200 e. The number of rotatable bonds is 3. The Morgan fingerprint density at radius 2 is 0.853 bits per heavy atom. The van der Waals surface area contributed by atoms with Crippen molar-refractivity contribution in [1.29, 1.82) is 0 Å². The maximum atomic E-state index is 12.6. The third-order valence-corrected chi connectivity index (χ3v) is 6.04. The molecule has 184 valence electrons. The van der Waals surface area contributed by atoms with Crippen LogP contribution in [0, 0.1) is 70.6 Å². The predicted molar refractivity (Wildman–Crippen MR) is 117 cm³/mol. The Hall–Kier alpha value is -2.82. The fourth-order valence-corrected chi connectivity index (χ4v) is 4.40. The Morgan fingerprint density at radius 3 is 1.12 bits per heavy atom. The summed E-state index contributed by atoms with van der Waals surface area (Å²) in [6.45, 7) is 13.1. The molecule has 0 saturated carbocycles. The van der Waals surface area contributed by atoms with Crippen molar-refractivity contribution in [2.45, 2.75) is 46.4 Å². The third kappa shape index (κ3) is 5.81. The van der Waals surface area contributed by atoms with Crippen molar-refractivity contribution >= 4 is 21.5 Å². The summed E-state index contributed by atoms with van der Waals surface area (Å²) in [4.78, 5) is -2.38. The maximum absolute atomic E-state index is 12.6. The Balaban J connectivity index is 0.000000248. The number of aryl methyl sites for hydroxylation is 6. The first-order valence-electron chi connectivity index (χ1n) is 10.0. The van der Waals surface area contributed by atoms with E-state index in [1.165, 1.54) is 44.8 Å². The average Bonchev–Trinajstić information content (AvgIpc) is 2.68. The molecule has 0 saturated heterocycles. The fourth-order valence-electron chi connectivity index (χ4n) is 3.79. The van der Waals surface area contributed by atoms with Crippen molar-refractivity contribution in [3.63, 3.8) is 0 Å². The van der Waals surface area contributed by atoms with Gasteiger partial charge >= 0.3 is 0 Å². The molecule has 0 fully saturated rings. The molecule has 0 spiro atoms. The summed E-state index contributed by atoms with van der Waals surface area (Å²) in [5, 5.41) is 2.34. The highest BCUT2D eigenvalue weighted by Gasteiger charge is 2.28. The Bertz CT molecular complexity index is 1240. The number of halogens is 5. The summed E-state index contributed by atoms with van der Waals surface area (Å²) in [5.74, 6) is -12.8. The highest BCUT2D eigenvalue weighted by Crippen LogP contribution is 2.26. The van der Waals surface area contributed by atoms with E-state index in [4.69, 9.17) is 0 Å². The van der Waals surface area contributed by atoms with Crippen molar-refractivity contribution in [2.24, 2.45) is 0 Å². The smallest absolute Gasteiger partial charge is 0.200 e. The van der Waals surface area contributed by atoms with Gasteiger partial charge in [0.1, 0.15) is 26.4 Å². The lowest BCUT2D eigenvalue weighted by molar-refractivity contribution is -0.480. The standard InChI is InChI=1S/C18H23N.C6HF5O3S/c1-11-7-13(3)17(14(4)8-11)19-18-15(5)9-12(2)10-16(18)6;7-1-2(8)4(10)6(15(12,13)14)5(11)3(1)9/h7-10,19H,1-6H3;(H,12,13,14). The third-order valence-electron chi connectivity index (χ3n) is 5.18. The van der Waals surface area contributed by atoms with Gasteiger partial charge in [0.15, 0.2) is 23.3 Å². The summed E-state index contributed by atoms with van der Waals surface area (Å²) < 4.78 is 92.9. The van der Waals surface area contributed by atoms with Gasteiger partial charge in [0, 0.05) is 22.3 Å². The molecule has 3 aromatic carbocycles. The summed E-state index contributed by atoms with van der Waals surface area (Å²) in [5.41, 5.74) is 10.8. The Kier molecular flexibility index (Phi) is 8.23. The van der Waals surface area contributed by atoms with Gasteiger partial charge in [-0.2, -0.15) is 0 Å². The number of benzene rings is 3. The Labute approximate surface area is 195 Å². The summed E-state index contributed by atoms with van der Waals surface area (Å²) in [7, 11) is -5.77. The van der Waals surface area contributed by atoms with Gasteiger partial charge < -0.3 is 4.55 Å². The molecule has 0 radical (unpaired) electrons. The van der Waals surface area contributed by atoms with Crippen LogP contribution in [0.25, 0.3) is 0 Å². The molecule has 4 nitrogen and oxygen atoms in total. The van der Waals surface area contributed by atoms with Crippen LogP contribution in [0.2, 0.25) is 0 Å². The zero-order valence-electron chi connectivity index (χ0n) is 19.4. The van der Waals surface area contributed by atoms with Crippen LogP contribution in [0.3, 0.4) is 0 Å². The average molecular weight is 502 g/mol. The topological polar surface area (TPSA) is 73.8 Å². The van der Waals surface area contributed by atoms with Gasteiger partial charge in [0.05, 0.1) is 0 Å². The van der Waals surface area contributed by atoms with Gasteiger partial charge in [-0.15, -0.1) is 0 Å². The summed E-state index contributed by atoms with van der Waals surface area (Å²) in [6, 6.07) is 9.05. The van der Waals surface area contributed by atoms with Crippen molar-refractivity contribution < 1.29 is 40.2 Å². The van der Waals surface area contributed by atoms with E-state index in [1.54, 1.807) is 0 Å². The molecule has 0 amide bonds. The van der Waals surface area contributed by atoms with Crippen LogP contribution in [0.1, 0.15) is 33.4 Å². The van der Waals surface area contributed by atoms with Gasteiger partial charge in [0.2, 0.25) is 5.82 Å². The second-order valence-electron chi connectivity index (χ2n) is 8.12. The van der Waals surface area contributed by atoms with E-state index < -0.39 is 44.1 Å². The lowest BCUT2D eigenvalue weighted by Crippen LogP contribution is -2.72. The first kappa shape index (κ1) is 27.4. The number of hydrogen-bond acceptors (Lipinski definition) is 3. The van der Waals surface area contributed by atoms with Gasteiger partial charge in [-0.25, -0.2) is 30.4 Å². The molecule has 0 heterocycles. The molecule has 0 atom stereocenters. The zero-order chi connectivity index (χ0) is 26.1. The SMILES string of the molecule is Cc1cc(C)c([NH2+]c2c(C)cc(C)cc2C)c(C)c1.O=S(=O)([O-])c1c(F)c(F)c(F)c(F)c1F. The van der Waals surface area contributed by atoms with Gasteiger partial charge in [-0.3, -0.25) is 5.32 Å². The quantitative estimate of drug-likeness (QED) is 0.173. The van der Waals surface area contributed by atoms with Crippen LogP contribution in [0.4, 0.5) is 33.3 Å². The lowest BCUT2D eigenvalue weighted by atomic mass is 10.0. The molecular weight excluding hydrogens is 477 g/mol. The normalized spacial score (nSPS) is 11.3. The van der Waals surface area contributed by atoms with Crippen LogP contribution < -0.4 is 5.32 Å². The highest BCUT2D eigenvalue weighted by atomic mass is 32.2. The van der Waals surface area contributed by atoms with E-state index in [1.807, 2.05) is 0 Å². The van der Waals surface area contributed by atoms with Crippen LogP contribution in [0.15, 0.2) is 29.2 Å². The second-order valence-corrected chi connectivity index (χ2v) is 9.44. The van der Waals surface area contributed by atoms with Crippen molar-refractivity contribution in [3.05, 3.63) is 86.7 Å². The minimum absolute atomic E-state index is 1.34. The molecule has 10 heteroatoms. The van der Waals surface area contributed by atoms with Crippen molar-refractivity contribution in [3.8, 4) is 0 Å². The first-order chi connectivity index (χ1) is 15.6. The van der Waals surface area contributed by atoms with Crippen LogP contribution in [-0.2, 0) is 10.1 Å². The predicted octanol–water partition coefficient (Wildman–Crippen LogP) is 5.35. The van der Waals surface area contributed by atoms with Gasteiger partial charge in [-0.05, 0) is 41.5 Å². The Morgan fingerprint density at radius 1 is 0.588 bits per heavy atom. The van der Waals surface area contributed by atoms with E-state index >= 15 is 0 Å². The molecule has 0 aromatic heterocycles. The van der Waals surface area contributed by atoms with E-state index in [0.29, 0.717) is 0 Å². The molecule has 0 unspecified atom stereocenters. The molecule has 0 aliphatic rings. The summed E-state index contributed by atoms with van der Waals surface area (Å²) in [6.07, 6.45) is 0. The van der Waals surface area contributed by atoms with E-state index in [9.17, 15) is 34.9 Å². The fraction of sp³-hybridized carbons (Fsp3) is 0.250. The van der Waals surface area contributed by atoms with Gasteiger partial charge in [0.25, 0.3) is 0 Å². The molecule has 34 heavy (non-hydrogen) atoms. The van der Waals surface area contributed by atoms with Crippen molar-refractivity contribution in [2.75, 3.05) is 0 Å². The summed E-state index contributed by atoms with van der Waals surface area (Å²) >= 11 is 0. The zero-order valence-corrected chi connectivity index (χ0v) is 20.2. The van der Waals surface area contributed by atoms with E-state index in [-0.39, 0.29) is 0 Å². The second kappa shape index (κ2) is 10.2. The number of hydrogen-bond donors (Lipinski definition) is 1. The van der Waals surface area contributed by atoms with Crippen LogP contribution in [0.5, 0.6) is 0 Å². The highest BCUT2D eigenvalue weighted by molar-refractivity contribution is 7.85. The van der Waals surface area contributed by atoms with Gasteiger partial charge in [-0.1, -0.05) is 35.4 Å². The van der Waals surface area contributed by atoms with E-state index in [0.717, 1.165) is 0 Å². The molecule has 0 aliphatic carbocycles. The molecule has 0 aliphatic heterocycles. The number of quaternary nitrogens is 1. The largest absolute Gasteiger partial charge is 0.744 e. The lowest BCUT2D eigenvalue weighted by Gasteiger charge is -2.13. The first-order valence-corrected chi connectivity index (χ1v) is 11.4. The van der Waals surface area contributed by atoms with Crippen LogP contribution >= 0.6 is 0 Å². The molecule has 3 aromatic rings. The molecule has 0 bridgehead atoms. The molecular formula is C24H24F5NO3S. The van der Waals surface area contributed by atoms with Crippen LogP contribution in [-0.4, -0.2) is 13.0 Å². The van der Waals surface area contributed by atoms with Crippen molar-refractivity contribution in [1.82, 2.24) is 0 Å². The molecule has 2 N–H and O–H groups in total.